The van der Waals surface area contributed by atoms with Gasteiger partial charge in [0.15, 0.2) is 0 Å². The number of hydrogen-bond acceptors (Lipinski definition) is 3. The average Bonchev–Trinajstić information content (AvgIpc) is 2.58. The number of nitrogens with one attached hydrogen (secondary N) is 1. The minimum atomic E-state index is -1.01. The topological polar surface area (TPSA) is 84.2 Å². The summed E-state index contributed by atoms with van der Waals surface area (Å²) in [4.78, 5) is 23.4. The van der Waals surface area contributed by atoms with Gasteiger partial charge in [-0.3, -0.25) is 9.48 Å². The van der Waals surface area contributed by atoms with Crippen molar-refractivity contribution in [1.29, 1.82) is 0 Å². The molecule has 1 rings (SSSR count). The predicted octanol–water partition coefficient (Wildman–Crippen LogP) is 1.37. The van der Waals surface area contributed by atoms with Gasteiger partial charge in [-0.2, -0.15) is 5.10 Å². The van der Waals surface area contributed by atoms with E-state index in [1.807, 2.05) is 20.9 Å². The Bertz CT molecular complexity index is 520. The third kappa shape index (κ3) is 3.18. The van der Waals surface area contributed by atoms with Gasteiger partial charge in [0, 0.05) is 18.3 Å². The summed E-state index contributed by atoms with van der Waals surface area (Å²) in [5.74, 6) is -1.89. The molecule has 1 aromatic heterocycles. The summed E-state index contributed by atoms with van der Waals surface area (Å²) in [5.41, 5.74) is 2.57. The quantitative estimate of drug-likeness (QED) is 0.853. The molecule has 20 heavy (non-hydrogen) atoms. The van der Waals surface area contributed by atoms with Crippen LogP contribution >= 0.6 is 0 Å². The second-order valence-corrected chi connectivity index (χ2v) is 5.50. The molecule has 0 spiro atoms. The number of aromatic nitrogens is 2. The highest BCUT2D eigenvalue weighted by molar-refractivity contribution is 5.88. The van der Waals surface area contributed by atoms with E-state index in [0.717, 1.165) is 17.0 Å². The van der Waals surface area contributed by atoms with Crippen LogP contribution in [0.15, 0.2) is 0 Å². The number of carbonyl (C=O) groups excluding carboxylic acids is 1. The molecule has 0 aliphatic carbocycles. The van der Waals surface area contributed by atoms with E-state index in [1.165, 1.54) is 0 Å². The van der Waals surface area contributed by atoms with E-state index in [0.29, 0.717) is 0 Å². The van der Waals surface area contributed by atoms with Crippen LogP contribution in [0.5, 0.6) is 0 Å². The number of nitrogens with zero attached hydrogens (tertiary/aromatic N) is 2. The number of rotatable bonds is 5. The Morgan fingerprint density at radius 2 is 1.80 bits per heavy atom. The Morgan fingerprint density at radius 1 is 1.25 bits per heavy atom. The molecule has 1 amide bonds. The Morgan fingerprint density at radius 3 is 2.15 bits per heavy atom. The van der Waals surface area contributed by atoms with Crippen molar-refractivity contribution in [2.75, 3.05) is 0 Å². The zero-order chi connectivity index (χ0) is 15.6. The maximum atomic E-state index is 12.3. The van der Waals surface area contributed by atoms with E-state index in [9.17, 15) is 9.59 Å². The fraction of sp³-hybridized carbons (Fsp3) is 0.643. The molecule has 0 aromatic carbocycles. The number of carboxylic acids is 1. The number of carbonyl (C=O) groups is 2. The van der Waals surface area contributed by atoms with Gasteiger partial charge in [0.2, 0.25) is 5.91 Å². The first-order valence-corrected chi connectivity index (χ1v) is 6.70. The molecular formula is C14H23N3O3. The number of hydrogen-bond donors (Lipinski definition) is 2. The van der Waals surface area contributed by atoms with Crippen LogP contribution in [-0.4, -0.2) is 32.8 Å². The monoisotopic (exact) mass is 281 g/mol. The highest BCUT2D eigenvalue weighted by Crippen LogP contribution is 2.23. The average molecular weight is 281 g/mol. The van der Waals surface area contributed by atoms with Crippen molar-refractivity contribution in [3.8, 4) is 0 Å². The second kappa shape index (κ2) is 6.07. The highest BCUT2D eigenvalue weighted by atomic mass is 16.4. The lowest BCUT2D eigenvalue weighted by Crippen LogP contribution is -2.45. The summed E-state index contributed by atoms with van der Waals surface area (Å²) in [6.07, 6.45) is 0. The van der Waals surface area contributed by atoms with Gasteiger partial charge < -0.3 is 10.4 Å². The summed E-state index contributed by atoms with van der Waals surface area (Å²) in [6.45, 7) is 9.06. The third-order valence-electron chi connectivity index (χ3n) is 3.62. The van der Waals surface area contributed by atoms with Gasteiger partial charge in [-0.1, -0.05) is 13.8 Å². The van der Waals surface area contributed by atoms with Crippen LogP contribution in [0.25, 0.3) is 0 Å². The minimum absolute atomic E-state index is 0.167. The Labute approximate surface area is 119 Å². The number of aryl methyl sites for hydroxylation is 2. The summed E-state index contributed by atoms with van der Waals surface area (Å²) in [5, 5.41) is 16.0. The number of amides is 1. The van der Waals surface area contributed by atoms with E-state index in [2.05, 4.69) is 10.4 Å². The fourth-order valence-corrected chi connectivity index (χ4v) is 2.34. The fourth-order valence-electron chi connectivity index (χ4n) is 2.34. The first-order valence-electron chi connectivity index (χ1n) is 6.70. The summed E-state index contributed by atoms with van der Waals surface area (Å²) in [7, 11) is 1.82. The van der Waals surface area contributed by atoms with Crippen molar-refractivity contribution in [3.05, 3.63) is 17.0 Å². The molecule has 0 saturated heterocycles. The molecule has 0 fully saturated rings. The predicted molar refractivity (Wildman–Crippen MR) is 75.5 cm³/mol. The molecule has 0 bridgehead atoms. The van der Waals surface area contributed by atoms with Gasteiger partial charge in [0.1, 0.15) is 6.04 Å². The van der Waals surface area contributed by atoms with Crippen molar-refractivity contribution in [1.82, 2.24) is 15.1 Å². The molecule has 6 nitrogen and oxygen atoms in total. The molecular weight excluding hydrogens is 258 g/mol. The van der Waals surface area contributed by atoms with Gasteiger partial charge in [0.25, 0.3) is 0 Å². The van der Waals surface area contributed by atoms with E-state index in [-0.39, 0.29) is 11.8 Å². The molecule has 2 unspecified atom stereocenters. The van der Waals surface area contributed by atoms with E-state index >= 15 is 0 Å². The maximum Gasteiger partial charge on any atom is 0.326 e. The van der Waals surface area contributed by atoms with Crippen molar-refractivity contribution >= 4 is 11.9 Å². The van der Waals surface area contributed by atoms with Crippen LogP contribution in [0.1, 0.15) is 43.6 Å². The molecule has 0 radical (unpaired) electrons. The third-order valence-corrected chi connectivity index (χ3v) is 3.62. The van der Waals surface area contributed by atoms with Gasteiger partial charge in [-0.05, 0) is 26.7 Å². The van der Waals surface area contributed by atoms with Crippen molar-refractivity contribution < 1.29 is 14.7 Å². The van der Waals surface area contributed by atoms with Crippen molar-refractivity contribution in [2.24, 2.45) is 13.0 Å². The van der Waals surface area contributed by atoms with Crippen molar-refractivity contribution in [2.45, 2.75) is 46.6 Å². The summed E-state index contributed by atoms with van der Waals surface area (Å²) < 4.78 is 1.73. The summed E-state index contributed by atoms with van der Waals surface area (Å²) >= 11 is 0. The number of carboxylic acid groups (broad SMARTS) is 1. The highest BCUT2D eigenvalue weighted by Gasteiger charge is 2.28. The van der Waals surface area contributed by atoms with Gasteiger partial charge >= 0.3 is 5.97 Å². The molecule has 6 heteroatoms. The molecule has 2 atom stereocenters. The lowest BCUT2D eigenvalue weighted by Gasteiger charge is -2.20. The number of aliphatic carboxylic acids is 1. The second-order valence-electron chi connectivity index (χ2n) is 5.50. The van der Waals surface area contributed by atoms with Gasteiger partial charge in [-0.25, -0.2) is 4.79 Å². The molecule has 0 aliphatic heterocycles. The summed E-state index contributed by atoms with van der Waals surface area (Å²) in [6, 6.07) is -0.873. The molecule has 0 saturated carbocycles. The normalized spacial score (nSPS) is 14.2. The zero-order valence-corrected chi connectivity index (χ0v) is 12.9. The van der Waals surface area contributed by atoms with Gasteiger partial charge in [0.05, 0.1) is 11.6 Å². The Hall–Kier alpha value is -1.85. The van der Waals surface area contributed by atoms with Crippen LogP contribution < -0.4 is 5.32 Å². The molecule has 112 valence electrons. The largest absolute Gasteiger partial charge is 0.480 e. The first-order chi connectivity index (χ1) is 9.16. The minimum Gasteiger partial charge on any atom is -0.480 e. The Balaban J connectivity index is 2.94. The van der Waals surface area contributed by atoms with E-state index in [1.54, 1.807) is 25.5 Å². The first kappa shape index (κ1) is 16.2. The van der Waals surface area contributed by atoms with Crippen LogP contribution in [0.4, 0.5) is 0 Å². The standard InChI is InChI=1S/C14H23N3O3/c1-7(2)12(14(19)20)15-13(18)8(3)11-9(4)16-17(6)10(11)5/h7-8,12H,1-6H3,(H,15,18)(H,19,20). The lowest BCUT2D eigenvalue weighted by atomic mass is 9.96. The SMILES string of the molecule is Cc1nn(C)c(C)c1C(C)C(=O)NC(C(=O)O)C(C)C. The van der Waals surface area contributed by atoms with E-state index < -0.39 is 17.9 Å². The van der Waals surface area contributed by atoms with Crippen LogP contribution in [0.3, 0.4) is 0 Å². The van der Waals surface area contributed by atoms with Crippen LogP contribution in [0.2, 0.25) is 0 Å². The van der Waals surface area contributed by atoms with Gasteiger partial charge in [-0.15, -0.1) is 0 Å². The van der Waals surface area contributed by atoms with Crippen LogP contribution in [0, 0.1) is 19.8 Å². The molecule has 1 aromatic rings. The zero-order valence-electron chi connectivity index (χ0n) is 12.9. The van der Waals surface area contributed by atoms with Crippen LogP contribution in [-0.2, 0) is 16.6 Å². The molecule has 1 heterocycles. The molecule has 2 N–H and O–H groups in total. The maximum absolute atomic E-state index is 12.3. The molecule has 0 aliphatic rings. The smallest absolute Gasteiger partial charge is 0.326 e. The van der Waals surface area contributed by atoms with Crippen molar-refractivity contribution in [3.63, 3.8) is 0 Å². The Kier molecular flexibility index (Phi) is 4.92. The van der Waals surface area contributed by atoms with E-state index in [4.69, 9.17) is 5.11 Å². The lowest BCUT2D eigenvalue weighted by molar-refractivity contribution is -0.143.